The van der Waals surface area contributed by atoms with Gasteiger partial charge in [0.25, 0.3) is 5.91 Å². The van der Waals surface area contributed by atoms with Crippen LogP contribution in [0.3, 0.4) is 0 Å². The fourth-order valence-electron chi connectivity index (χ4n) is 3.36. The summed E-state index contributed by atoms with van der Waals surface area (Å²) >= 11 is 0. The molecule has 0 atom stereocenters. The van der Waals surface area contributed by atoms with Crippen molar-refractivity contribution < 1.29 is 9.53 Å². The second-order valence-corrected chi connectivity index (χ2v) is 6.76. The molecule has 1 saturated carbocycles. The highest BCUT2D eigenvalue weighted by Gasteiger charge is 2.26. The number of carbonyl (C=O) groups is 1. The molecule has 0 spiro atoms. The number of fused-ring (bicyclic) bond motifs is 1. The average Bonchev–Trinajstić information content (AvgIpc) is 3.09. The van der Waals surface area contributed by atoms with Gasteiger partial charge in [-0.05, 0) is 31.7 Å². The molecule has 3 heterocycles. The number of hydrogen-bond donors (Lipinski definition) is 1. The van der Waals surface area contributed by atoms with Crippen LogP contribution in [0.2, 0.25) is 0 Å². The van der Waals surface area contributed by atoms with Gasteiger partial charge in [-0.3, -0.25) is 4.79 Å². The summed E-state index contributed by atoms with van der Waals surface area (Å²) in [6, 6.07) is 2.02. The van der Waals surface area contributed by atoms with Crippen LogP contribution < -0.4 is 10.1 Å². The van der Waals surface area contributed by atoms with Crippen molar-refractivity contribution in [3.05, 3.63) is 11.8 Å². The minimum absolute atomic E-state index is 0.0677. The lowest BCUT2D eigenvalue weighted by Crippen LogP contribution is -2.45. The van der Waals surface area contributed by atoms with Crippen LogP contribution in [0.15, 0.2) is 6.07 Å². The van der Waals surface area contributed by atoms with Gasteiger partial charge in [-0.25, -0.2) is 4.68 Å². The smallest absolute Gasteiger partial charge is 0.272 e. The molecule has 2 fully saturated rings. The third-order valence-corrected chi connectivity index (χ3v) is 5.00. The quantitative estimate of drug-likeness (QED) is 0.890. The van der Waals surface area contributed by atoms with E-state index in [9.17, 15) is 4.79 Å². The van der Waals surface area contributed by atoms with Crippen LogP contribution in [0, 0.1) is 5.92 Å². The molecule has 1 saturated heterocycles. The van der Waals surface area contributed by atoms with Gasteiger partial charge in [-0.15, -0.1) is 0 Å². The molecule has 4 rings (SSSR count). The van der Waals surface area contributed by atoms with Crippen LogP contribution in [0.25, 0.3) is 0 Å². The number of amides is 1. The molecule has 120 valence electrons. The molecule has 0 radical (unpaired) electrons. The van der Waals surface area contributed by atoms with Gasteiger partial charge in [0.1, 0.15) is 6.61 Å². The van der Waals surface area contributed by atoms with E-state index in [1.165, 1.54) is 25.8 Å². The van der Waals surface area contributed by atoms with E-state index in [2.05, 4.69) is 15.3 Å². The Balaban J connectivity index is 1.24. The lowest BCUT2D eigenvalue weighted by atomic mass is 10.0. The van der Waals surface area contributed by atoms with Crippen molar-refractivity contribution in [3.8, 4) is 5.88 Å². The molecular formula is C16H24N4O2. The van der Waals surface area contributed by atoms with E-state index < -0.39 is 0 Å². The Morgan fingerprint density at radius 2 is 2.09 bits per heavy atom. The van der Waals surface area contributed by atoms with E-state index in [0.717, 1.165) is 38.4 Å². The van der Waals surface area contributed by atoms with Gasteiger partial charge in [-0.2, -0.15) is 5.10 Å². The first-order chi connectivity index (χ1) is 10.8. The molecule has 0 unspecified atom stereocenters. The highest BCUT2D eigenvalue weighted by atomic mass is 16.5. The van der Waals surface area contributed by atoms with Crippen molar-refractivity contribution in [2.45, 2.75) is 44.7 Å². The molecule has 6 heteroatoms. The molecule has 1 aromatic rings. The molecule has 1 N–H and O–H groups in total. The number of rotatable bonds is 5. The fourth-order valence-corrected chi connectivity index (χ4v) is 3.36. The maximum Gasteiger partial charge on any atom is 0.272 e. The van der Waals surface area contributed by atoms with Crippen molar-refractivity contribution >= 4 is 5.91 Å². The Morgan fingerprint density at radius 3 is 2.82 bits per heavy atom. The van der Waals surface area contributed by atoms with Gasteiger partial charge in [0.05, 0.1) is 6.54 Å². The van der Waals surface area contributed by atoms with Gasteiger partial charge >= 0.3 is 0 Å². The van der Waals surface area contributed by atoms with Crippen molar-refractivity contribution in [1.29, 1.82) is 0 Å². The molecule has 0 bridgehead atoms. The topological polar surface area (TPSA) is 59.4 Å². The molecule has 2 aliphatic heterocycles. The molecule has 1 amide bonds. The second-order valence-electron chi connectivity index (χ2n) is 6.76. The van der Waals surface area contributed by atoms with E-state index in [1.807, 2.05) is 0 Å². The third-order valence-electron chi connectivity index (χ3n) is 5.00. The zero-order valence-corrected chi connectivity index (χ0v) is 13.0. The largest absolute Gasteiger partial charge is 0.476 e. The van der Waals surface area contributed by atoms with Crippen LogP contribution in [-0.2, 0) is 6.54 Å². The van der Waals surface area contributed by atoms with Crippen molar-refractivity contribution in [2.24, 2.45) is 5.92 Å². The lowest BCUT2D eigenvalue weighted by molar-refractivity contribution is 0.0904. The summed E-state index contributed by atoms with van der Waals surface area (Å²) in [6.45, 7) is 4.82. The number of aromatic nitrogens is 2. The number of nitrogens with zero attached hydrogens (tertiary/aromatic N) is 3. The standard InChI is InChI=1S/C16H24N4O2/c21-16(14-11-15-20(18-14)9-10-22-15)17-13-4-7-19(8-5-13)6-3-12-1-2-12/h11-13H,1-10H2,(H,17,21). The van der Waals surface area contributed by atoms with Gasteiger partial charge in [0.15, 0.2) is 5.69 Å². The van der Waals surface area contributed by atoms with E-state index in [1.54, 1.807) is 10.7 Å². The van der Waals surface area contributed by atoms with Gasteiger partial charge < -0.3 is 15.0 Å². The van der Waals surface area contributed by atoms with Gasteiger partial charge in [0.2, 0.25) is 5.88 Å². The summed E-state index contributed by atoms with van der Waals surface area (Å²) in [7, 11) is 0. The van der Waals surface area contributed by atoms with E-state index in [4.69, 9.17) is 4.74 Å². The zero-order chi connectivity index (χ0) is 14.9. The predicted molar refractivity (Wildman–Crippen MR) is 82.0 cm³/mol. The van der Waals surface area contributed by atoms with Crippen LogP contribution >= 0.6 is 0 Å². The first kappa shape index (κ1) is 14.1. The monoisotopic (exact) mass is 304 g/mol. The molecule has 6 nitrogen and oxygen atoms in total. The normalized spacial score (nSPS) is 22.4. The van der Waals surface area contributed by atoms with Gasteiger partial charge in [-0.1, -0.05) is 12.8 Å². The van der Waals surface area contributed by atoms with E-state index >= 15 is 0 Å². The SMILES string of the molecule is O=C(NC1CCN(CCC2CC2)CC1)c1cc2n(n1)CCO2. The Kier molecular flexibility index (Phi) is 3.78. The number of likely N-dealkylation sites (tertiary alicyclic amines) is 1. The van der Waals surface area contributed by atoms with Crippen LogP contribution in [0.5, 0.6) is 5.88 Å². The summed E-state index contributed by atoms with van der Waals surface area (Å²) in [6.07, 6.45) is 6.31. The van der Waals surface area contributed by atoms with E-state index in [-0.39, 0.29) is 11.9 Å². The molecule has 22 heavy (non-hydrogen) atoms. The summed E-state index contributed by atoms with van der Waals surface area (Å²) in [4.78, 5) is 14.8. The van der Waals surface area contributed by atoms with Crippen molar-refractivity contribution in [2.75, 3.05) is 26.2 Å². The Morgan fingerprint density at radius 1 is 1.27 bits per heavy atom. The molecule has 1 aromatic heterocycles. The Bertz CT molecular complexity index is 523. The second kappa shape index (κ2) is 5.91. The van der Waals surface area contributed by atoms with Crippen LogP contribution in [0.1, 0.15) is 42.6 Å². The van der Waals surface area contributed by atoms with Crippen LogP contribution in [0.4, 0.5) is 0 Å². The number of nitrogens with one attached hydrogen (secondary N) is 1. The number of carbonyl (C=O) groups excluding carboxylic acids is 1. The van der Waals surface area contributed by atoms with Crippen molar-refractivity contribution in [3.63, 3.8) is 0 Å². The first-order valence-electron chi connectivity index (χ1n) is 8.52. The van der Waals surface area contributed by atoms with Gasteiger partial charge in [0, 0.05) is 25.2 Å². The summed E-state index contributed by atoms with van der Waals surface area (Å²) in [5.41, 5.74) is 0.478. The zero-order valence-electron chi connectivity index (χ0n) is 13.0. The highest BCUT2D eigenvalue weighted by molar-refractivity contribution is 5.92. The summed E-state index contributed by atoms with van der Waals surface area (Å²) in [5, 5.41) is 7.42. The first-order valence-corrected chi connectivity index (χ1v) is 8.52. The summed E-state index contributed by atoms with van der Waals surface area (Å²) in [5.74, 6) is 1.64. The molecule has 3 aliphatic rings. The predicted octanol–water partition coefficient (Wildman–Crippen LogP) is 1.27. The highest BCUT2D eigenvalue weighted by Crippen LogP contribution is 2.32. The average molecular weight is 304 g/mol. The molecular weight excluding hydrogens is 280 g/mol. The molecule has 1 aliphatic carbocycles. The number of ether oxygens (including phenoxy) is 1. The maximum atomic E-state index is 12.3. The Hall–Kier alpha value is -1.56. The maximum absolute atomic E-state index is 12.3. The number of piperidine rings is 1. The minimum Gasteiger partial charge on any atom is -0.476 e. The number of hydrogen-bond acceptors (Lipinski definition) is 4. The Labute approximate surface area is 130 Å². The summed E-state index contributed by atoms with van der Waals surface area (Å²) < 4.78 is 7.16. The lowest BCUT2D eigenvalue weighted by Gasteiger charge is -2.32. The molecule has 0 aromatic carbocycles. The third kappa shape index (κ3) is 3.11. The fraction of sp³-hybridized carbons (Fsp3) is 0.750. The minimum atomic E-state index is -0.0677. The van der Waals surface area contributed by atoms with E-state index in [0.29, 0.717) is 18.2 Å². The van der Waals surface area contributed by atoms with Crippen LogP contribution in [-0.4, -0.2) is 52.9 Å². The van der Waals surface area contributed by atoms with Crippen molar-refractivity contribution in [1.82, 2.24) is 20.0 Å².